The molecule has 2 aromatic rings. The van der Waals surface area contributed by atoms with Gasteiger partial charge >= 0.3 is 0 Å². The number of nitrogens with zero attached hydrogens (tertiary/aromatic N) is 2. The van der Waals surface area contributed by atoms with E-state index in [1.807, 2.05) is 0 Å². The number of amides is 3. The highest BCUT2D eigenvalue weighted by Gasteiger charge is 2.60. The molecule has 1 fully saturated rings. The second-order valence-corrected chi connectivity index (χ2v) is 7.64. The Kier molecular flexibility index (Phi) is 5.08. The summed E-state index contributed by atoms with van der Waals surface area (Å²) in [5.41, 5.74) is -0.497. The Balaban J connectivity index is 1.77. The lowest BCUT2D eigenvalue weighted by molar-refractivity contribution is -0.134. The monoisotopic (exact) mass is 425 g/mol. The van der Waals surface area contributed by atoms with Crippen molar-refractivity contribution in [3.05, 3.63) is 77.9 Å². The summed E-state index contributed by atoms with van der Waals surface area (Å²) in [6, 6.07) is 9.34. The molecule has 1 saturated heterocycles. The number of carbonyl (C=O) groups is 3. The third kappa shape index (κ3) is 3.10. The molecule has 3 amide bonds. The highest BCUT2D eigenvalue weighted by molar-refractivity contribution is 6.16. The van der Waals surface area contributed by atoms with E-state index in [1.165, 1.54) is 21.9 Å². The van der Waals surface area contributed by atoms with Crippen LogP contribution in [0.25, 0.3) is 0 Å². The average Bonchev–Trinajstić information content (AvgIpc) is 3.11. The van der Waals surface area contributed by atoms with Gasteiger partial charge in [-0.05, 0) is 36.8 Å². The van der Waals surface area contributed by atoms with Crippen molar-refractivity contribution in [3.63, 3.8) is 0 Å². The molecule has 0 aliphatic carbocycles. The lowest BCUT2D eigenvalue weighted by Gasteiger charge is -2.49. The van der Waals surface area contributed by atoms with Crippen LogP contribution in [0.5, 0.6) is 0 Å². The Hall–Kier alpha value is -3.55. The Labute approximate surface area is 178 Å². The number of nitrogens with one attached hydrogen (secondary N) is 1. The van der Waals surface area contributed by atoms with Crippen LogP contribution in [0.4, 0.5) is 14.5 Å². The number of rotatable bonds is 5. The highest BCUT2D eigenvalue weighted by Crippen LogP contribution is 2.44. The van der Waals surface area contributed by atoms with Gasteiger partial charge in [0.15, 0.2) is 11.6 Å². The molecule has 1 N–H and O–H groups in total. The predicted molar refractivity (Wildman–Crippen MR) is 110 cm³/mol. The lowest BCUT2D eigenvalue weighted by Crippen LogP contribution is -2.70. The first kappa shape index (κ1) is 20.7. The summed E-state index contributed by atoms with van der Waals surface area (Å²) in [6.07, 6.45) is 1.69. The SMILES string of the molecule is C=CCN1C(=O)c2ccccc2N2C(=O)CC[C@]12C(=O)N[C@H](C)c1ccc(F)c(F)c1. The molecule has 6 nitrogen and oxygen atoms in total. The van der Waals surface area contributed by atoms with E-state index in [-0.39, 0.29) is 31.2 Å². The van der Waals surface area contributed by atoms with Crippen LogP contribution in [0.15, 0.2) is 55.1 Å². The summed E-state index contributed by atoms with van der Waals surface area (Å²) < 4.78 is 27.0. The third-order valence-corrected chi connectivity index (χ3v) is 5.84. The molecule has 0 spiro atoms. The second-order valence-electron chi connectivity index (χ2n) is 7.64. The lowest BCUT2D eigenvalue weighted by atomic mass is 9.94. The molecule has 31 heavy (non-hydrogen) atoms. The van der Waals surface area contributed by atoms with Crippen molar-refractivity contribution >= 4 is 23.4 Å². The van der Waals surface area contributed by atoms with E-state index in [2.05, 4.69) is 11.9 Å². The molecule has 2 atom stereocenters. The number of benzene rings is 2. The fourth-order valence-corrected chi connectivity index (χ4v) is 4.34. The fraction of sp³-hybridized carbons (Fsp3) is 0.261. The van der Waals surface area contributed by atoms with Crippen LogP contribution in [0.2, 0.25) is 0 Å². The van der Waals surface area contributed by atoms with Crippen LogP contribution in [-0.4, -0.2) is 34.8 Å². The van der Waals surface area contributed by atoms with Crippen molar-refractivity contribution in [2.75, 3.05) is 11.4 Å². The van der Waals surface area contributed by atoms with Gasteiger partial charge in [-0.1, -0.05) is 24.3 Å². The topological polar surface area (TPSA) is 69.7 Å². The van der Waals surface area contributed by atoms with Gasteiger partial charge in [0, 0.05) is 19.4 Å². The number of para-hydroxylation sites is 1. The van der Waals surface area contributed by atoms with E-state index in [4.69, 9.17) is 0 Å². The molecule has 0 saturated carbocycles. The molecule has 160 valence electrons. The summed E-state index contributed by atoms with van der Waals surface area (Å²) >= 11 is 0. The summed E-state index contributed by atoms with van der Waals surface area (Å²) in [5, 5.41) is 2.78. The van der Waals surface area contributed by atoms with Crippen LogP contribution in [0, 0.1) is 11.6 Å². The third-order valence-electron chi connectivity index (χ3n) is 5.84. The Morgan fingerprint density at radius 2 is 1.97 bits per heavy atom. The zero-order valence-corrected chi connectivity index (χ0v) is 16.9. The average molecular weight is 425 g/mol. The molecule has 2 aliphatic rings. The number of halogens is 2. The summed E-state index contributed by atoms with van der Waals surface area (Å²) in [7, 11) is 0. The maximum absolute atomic E-state index is 13.7. The highest BCUT2D eigenvalue weighted by atomic mass is 19.2. The van der Waals surface area contributed by atoms with Crippen molar-refractivity contribution in [2.24, 2.45) is 0 Å². The minimum absolute atomic E-state index is 0.0594. The predicted octanol–water partition coefficient (Wildman–Crippen LogP) is 3.31. The fourth-order valence-electron chi connectivity index (χ4n) is 4.34. The number of fused-ring (bicyclic) bond motifs is 3. The van der Waals surface area contributed by atoms with Crippen LogP contribution < -0.4 is 10.2 Å². The molecule has 2 heterocycles. The van der Waals surface area contributed by atoms with E-state index >= 15 is 0 Å². The van der Waals surface area contributed by atoms with Crippen LogP contribution in [-0.2, 0) is 9.59 Å². The van der Waals surface area contributed by atoms with E-state index in [0.717, 1.165) is 12.1 Å². The van der Waals surface area contributed by atoms with Gasteiger partial charge in [0.05, 0.1) is 17.3 Å². The Morgan fingerprint density at radius 1 is 1.23 bits per heavy atom. The molecule has 0 bridgehead atoms. The van der Waals surface area contributed by atoms with Crippen molar-refractivity contribution < 1.29 is 23.2 Å². The number of anilines is 1. The normalized spacial score (nSPS) is 20.9. The van der Waals surface area contributed by atoms with E-state index < -0.39 is 29.2 Å². The molecule has 2 aromatic carbocycles. The van der Waals surface area contributed by atoms with Gasteiger partial charge in [-0.15, -0.1) is 6.58 Å². The van der Waals surface area contributed by atoms with Crippen molar-refractivity contribution in [2.45, 2.75) is 31.5 Å². The number of hydrogen-bond donors (Lipinski definition) is 1. The molecule has 0 radical (unpaired) electrons. The maximum Gasteiger partial charge on any atom is 0.267 e. The first-order valence-corrected chi connectivity index (χ1v) is 9.92. The standard InChI is InChI=1S/C23H21F2N3O3/c1-3-12-27-21(30)16-6-4-5-7-19(16)28-20(29)10-11-23(27,28)22(31)26-14(2)15-8-9-17(24)18(25)13-15/h3-9,13-14H,1,10-12H2,2H3,(H,26,31)/t14-,23+/m1/s1. The van der Waals surface area contributed by atoms with Gasteiger partial charge in [0.1, 0.15) is 0 Å². The van der Waals surface area contributed by atoms with Gasteiger partial charge in [-0.3, -0.25) is 19.3 Å². The van der Waals surface area contributed by atoms with Crippen molar-refractivity contribution in [1.29, 1.82) is 0 Å². The van der Waals surface area contributed by atoms with Gasteiger partial charge in [-0.2, -0.15) is 0 Å². The molecular weight excluding hydrogens is 404 g/mol. The second kappa shape index (κ2) is 7.61. The maximum atomic E-state index is 13.7. The van der Waals surface area contributed by atoms with E-state index in [1.54, 1.807) is 31.2 Å². The molecule has 4 rings (SSSR count). The van der Waals surface area contributed by atoms with Gasteiger partial charge < -0.3 is 10.2 Å². The van der Waals surface area contributed by atoms with Gasteiger partial charge in [0.2, 0.25) is 11.6 Å². The van der Waals surface area contributed by atoms with Crippen LogP contribution in [0.1, 0.15) is 41.7 Å². The van der Waals surface area contributed by atoms with Crippen LogP contribution in [0.3, 0.4) is 0 Å². The smallest absolute Gasteiger partial charge is 0.267 e. The summed E-state index contributed by atoms with van der Waals surface area (Å²) in [6.45, 7) is 5.37. The summed E-state index contributed by atoms with van der Waals surface area (Å²) in [4.78, 5) is 42.5. The van der Waals surface area contributed by atoms with Crippen molar-refractivity contribution in [3.8, 4) is 0 Å². The molecule has 0 unspecified atom stereocenters. The quantitative estimate of drug-likeness (QED) is 0.748. The van der Waals surface area contributed by atoms with Gasteiger partial charge in [-0.25, -0.2) is 8.78 Å². The zero-order valence-electron chi connectivity index (χ0n) is 16.9. The van der Waals surface area contributed by atoms with E-state index in [9.17, 15) is 23.2 Å². The van der Waals surface area contributed by atoms with Crippen LogP contribution >= 0.6 is 0 Å². The molecule has 0 aromatic heterocycles. The molecule has 2 aliphatic heterocycles. The molecular formula is C23H21F2N3O3. The number of carbonyl (C=O) groups excluding carboxylic acids is 3. The first-order chi connectivity index (χ1) is 14.8. The van der Waals surface area contributed by atoms with E-state index in [0.29, 0.717) is 16.8 Å². The largest absolute Gasteiger partial charge is 0.346 e. The van der Waals surface area contributed by atoms with Crippen molar-refractivity contribution in [1.82, 2.24) is 10.2 Å². The summed E-state index contributed by atoms with van der Waals surface area (Å²) in [5.74, 6) is -3.23. The zero-order chi connectivity index (χ0) is 22.3. The Morgan fingerprint density at radius 3 is 2.68 bits per heavy atom. The first-order valence-electron chi connectivity index (χ1n) is 9.92. The minimum atomic E-state index is -1.57. The number of hydrogen-bond acceptors (Lipinski definition) is 3. The molecule has 8 heteroatoms. The Bertz CT molecular complexity index is 1100. The van der Waals surface area contributed by atoms with Gasteiger partial charge in [0.25, 0.3) is 11.8 Å². The minimum Gasteiger partial charge on any atom is -0.346 e.